The minimum Gasteiger partial charge on any atom is -0.399 e. The van der Waals surface area contributed by atoms with Crippen molar-refractivity contribution >= 4 is 15.7 Å². The topological polar surface area (TPSA) is 72.6 Å². The van der Waals surface area contributed by atoms with Crippen LogP contribution in [0.1, 0.15) is 31.9 Å². The van der Waals surface area contributed by atoms with Crippen LogP contribution in [0.2, 0.25) is 0 Å². The SMILES string of the molecule is Cc1cc(N)cc(S(=O)(=O)N2CC(C)OC(C)(C)C2)c1C. The highest BCUT2D eigenvalue weighted by atomic mass is 32.2. The van der Waals surface area contributed by atoms with E-state index in [0.29, 0.717) is 23.7 Å². The van der Waals surface area contributed by atoms with Crippen molar-refractivity contribution in [1.29, 1.82) is 0 Å². The van der Waals surface area contributed by atoms with Gasteiger partial charge < -0.3 is 10.5 Å². The van der Waals surface area contributed by atoms with Gasteiger partial charge in [-0.15, -0.1) is 0 Å². The number of ether oxygens (including phenoxy) is 1. The van der Waals surface area contributed by atoms with Crippen LogP contribution in [0.15, 0.2) is 17.0 Å². The predicted octanol–water partition coefficient (Wildman–Crippen LogP) is 2.07. The largest absolute Gasteiger partial charge is 0.399 e. The van der Waals surface area contributed by atoms with E-state index < -0.39 is 15.6 Å². The third-order valence-corrected chi connectivity index (χ3v) is 5.74. The van der Waals surface area contributed by atoms with E-state index in [2.05, 4.69) is 0 Å². The molecule has 0 saturated carbocycles. The quantitative estimate of drug-likeness (QED) is 0.849. The first kappa shape index (κ1) is 16.3. The maximum Gasteiger partial charge on any atom is 0.243 e. The summed E-state index contributed by atoms with van der Waals surface area (Å²) in [6.45, 7) is 10.1. The van der Waals surface area contributed by atoms with E-state index in [9.17, 15) is 8.42 Å². The highest BCUT2D eigenvalue weighted by Crippen LogP contribution is 2.30. The Morgan fingerprint density at radius 1 is 1.33 bits per heavy atom. The molecular weight excluding hydrogens is 288 g/mol. The first-order valence-corrected chi connectivity index (χ1v) is 8.51. The number of hydrogen-bond acceptors (Lipinski definition) is 4. The van der Waals surface area contributed by atoms with Gasteiger partial charge in [0.15, 0.2) is 0 Å². The third-order valence-electron chi connectivity index (χ3n) is 3.80. The number of anilines is 1. The standard InChI is InChI=1S/C15H24N2O3S/c1-10-6-13(16)7-14(12(10)3)21(18,19)17-8-11(2)20-15(4,5)9-17/h6-7,11H,8-9,16H2,1-5H3. The molecule has 118 valence electrons. The van der Waals surface area contributed by atoms with Crippen LogP contribution >= 0.6 is 0 Å². The Morgan fingerprint density at radius 3 is 2.52 bits per heavy atom. The van der Waals surface area contributed by atoms with Crippen LogP contribution in [0.4, 0.5) is 5.69 Å². The summed E-state index contributed by atoms with van der Waals surface area (Å²) in [6.07, 6.45) is -0.133. The first-order valence-electron chi connectivity index (χ1n) is 7.07. The molecule has 1 atom stereocenters. The van der Waals surface area contributed by atoms with E-state index in [4.69, 9.17) is 10.5 Å². The van der Waals surface area contributed by atoms with Crippen LogP contribution in [0.25, 0.3) is 0 Å². The maximum absolute atomic E-state index is 13.0. The molecule has 0 bridgehead atoms. The van der Waals surface area contributed by atoms with Crippen LogP contribution in [0.3, 0.4) is 0 Å². The van der Waals surface area contributed by atoms with Gasteiger partial charge in [0.1, 0.15) is 0 Å². The van der Waals surface area contributed by atoms with Crippen LogP contribution in [0, 0.1) is 13.8 Å². The molecule has 0 radical (unpaired) electrons. The summed E-state index contributed by atoms with van der Waals surface area (Å²) in [4.78, 5) is 0.296. The number of morpholine rings is 1. The lowest BCUT2D eigenvalue weighted by Crippen LogP contribution is -2.53. The van der Waals surface area contributed by atoms with Gasteiger partial charge in [0.25, 0.3) is 0 Å². The summed E-state index contributed by atoms with van der Waals surface area (Å²) < 4.78 is 33.2. The highest BCUT2D eigenvalue weighted by molar-refractivity contribution is 7.89. The zero-order valence-electron chi connectivity index (χ0n) is 13.3. The molecule has 0 aliphatic carbocycles. The average Bonchev–Trinajstić information content (AvgIpc) is 2.31. The van der Waals surface area contributed by atoms with Gasteiger partial charge in [-0.1, -0.05) is 0 Å². The number of sulfonamides is 1. The van der Waals surface area contributed by atoms with E-state index in [1.165, 1.54) is 4.31 Å². The lowest BCUT2D eigenvalue weighted by atomic mass is 10.1. The Kier molecular flexibility index (Phi) is 4.08. The van der Waals surface area contributed by atoms with Crippen molar-refractivity contribution in [2.24, 2.45) is 0 Å². The number of nitrogens with zero attached hydrogens (tertiary/aromatic N) is 1. The zero-order valence-corrected chi connectivity index (χ0v) is 14.1. The molecule has 1 unspecified atom stereocenters. The number of hydrogen-bond donors (Lipinski definition) is 1. The Hall–Kier alpha value is -1.11. The Morgan fingerprint density at radius 2 is 1.95 bits per heavy atom. The van der Waals surface area contributed by atoms with Crippen LogP contribution in [0.5, 0.6) is 0 Å². The molecule has 2 N–H and O–H groups in total. The summed E-state index contributed by atoms with van der Waals surface area (Å²) >= 11 is 0. The number of aryl methyl sites for hydroxylation is 1. The van der Waals surface area contributed by atoms with Crippen molar-refractivity contribution < 1.29 is 13.2 Å². The molecule has 1 aromatic rings. The fraction of sp³-hybridized carbons (Fsp3) is 0.600. The molecule has 2 rings (SSSR count). The van der Waals surface area contributed by atoms with Crippen LogP contribution < -0.4 is 5.73 Å². The summed E-state index contributed by atoms with van der Waals surface area (Å²) in [7, 11) is -3.57. The summed E-state index contributed by atoms with van der Waals surface area (Å²) in [6, 6.07) is 3.34. The van der Waals surface area contributed by atoms with Crippen molar-refractivity contribution in [3.8, 4) is 0 Å². The summed E-state index contributed by atoms with van der Waals surface area (Å²) in [5.74, 6) is 0. The van der Waals surface area contributed by atoms with Crippen LogP contribution in [-0.4, -0.2) is 37.5 Å². The minimum atomic E-state index is -3.57. The van der Waals surface area contributed by atoms with E-state index in [-0.39, 0.29) is 6.10 Å². The first-order chi connectivity index (χ1) is 9.53. The van der Waals surface area contributed by atoms with Gasteiger partial charge in [-0.25, -0.2) is 8.42 Å². The Labute approximate surface area is 127 Å². The molecule has 1 fully saturated rings. The lowest BCUT2D eigenvalue weighted by molar-refractivity contribution is -0.109. The van der Waals surface area contributed by atoms with Crippen molar-refractivity contribution in [1.82, 2.24) is 4.31 Å². The van der Waals surface area contributed by atoms with E-state index in [0.717, 1.165) is 11.1 Å². The monoisotopic (exact) mass is 312 g/mol. The average molecular weight is 312 g/mol. The van der Waals surface area contributed by atoms with Crippen molar-refractivity contribution in [3.05, 3.63) is 23.3 Å². The second-order valence-electron chi connectivity index (χ2n) is 6.45. The van der Waals surface area contributed by atoms with Crippen molar-refractivity contribution in [2.45, 2.75) is 51.2 Å². The van der Waals surface area contributed by atoms with E-state index >= 15 is 0 Å². The number of nitrogen functional groups attached to an aromatic ring is 1. The second kappa shape index (κ2) is 5.26. The summed E-state index contributed by atoms with van der Waals surface area (Å²) in [5.41, 5.74) is 7.44. The molecule has 1 heterocycles. The third kappa shape index (κ3) is 3.22. The van der Waals surface area contributed by atoms with Gasteiger partial charge >= 0.3 is 0 Å². The van der Waals surface area contributed by atoms with Crippen molar-refractivity contribution in [3.63, 3.8) is 0 Å². The second-order valence-corrected chi connectivity index (χ2v) is 8.35. The molecule has 0 aromatic heterocycles. The Bertz CT molecular complexity index is 653. The molecule has 0 spiro atoms. The van der Waals surface area contributed by atoms with E-state index in [1.807, 2.05) is 34.6 Å². The molecule has 1 aromatic carbocycles. The molecule has 1 saturated heterocycles. The number of rotatable bonds is 2. The van der Waals surface area contributed by atoms with Gasteiger partial charge in [0.05, 0.1) is 16.6 Å². The highest BCUT2D eigenvalue weighted by Gasteiger charge is 2.38. The molecule has 1 aliphatic rings. The smallest absolute Gasteiger partial charge is 0.243 e. The molecule has 5 nitrogen and oxygen atoms in total. The van der Waals surface area contributed by atoms with Gasteiger partial charge in [0, 0.05) is 18.8 Å². The number of benzene rings is 1. The van der Waals surface area contributed by atoms with Gasteiger partial charge in [-0.05, 0) is 57.9 Å². The molecule has 6 heteroatoms. The normalized spacial score (nSPS) is 23.2. The molecule has 0 amide bonds. The maximum atomic E-state index is 13.0. The molecule has 1 aliphatic heterocycles. The van der Waals surface area contributed by atoms with E-state index in [1.54, 1.807) is 12.1 Å². The van der Waals surface area contributed by atoms with Gasteiger partial charge in [0.2, 0.25) is 10.0 Å². The van der Waals surface area contributed by atoms with Crippen molar-refractivity contribution in [2.75, 3.05) is 18.8 Å². The molecular formula is C15H24N2O3S. The fourth-order valence-corrected chi connectivity index (χ4v) is 4.84. The minimum absolute atomic E-state index is 0.133. The Balaban J connectivity index is 2.48. The lowest BCUT2D eigenvalue weighted by Gasteiger charge is -2.41. The number of nitrogens with two attached hydrogens (primary N) is 1. The predicted molar refractivity (Wildman–Crippen MR) is 83.7 cm³/mol. The molecule has 21 heavy (non-hydrogen) atoms. The van der Waals surface area contributed by atoms with Gasteiger partial charge in [-0.2, -0.15) is 4.31 Å². The fourth-order valence-electron chi connectivity index (χ4n) is 2.84. The summed E-state index contributed by atoms with van der Waals surface area (Å²) in [5, 5.41) is 0. The van der Waals surface area contributed by atoms with Crippen LogP contribution in [-0.2, 0) is 14.8 Å². The van der Waals surface area contributed by atoms with Gasteiger partial charge in [-0.3, -0.25) is 0 Å². The zero-order chi connectivity index (χ0) is 16.0.